The average Bonchev–Trinajstić information content (AvgIpc) is 3.06. The lowest BCUT2D eigenvalue weighted by molar-refractivity contribution is 0.724. The molecule has 0 spiro atoms. The summed E-state index contributed by atoms with van der Waals surface area (Å²) in [6.07, 6.45) is 4.23. The number of rotatable bonds is 5. The van der Waals surface area contributed by atoms with Crippen molar-refractivity contribution in [3.8, 4) is 0 Å². The molecule has 0 aliphatic heterocycles. The highest BCUT2D eigenvalue weighted by Crippen LogP contribution is 2.21. The molecule has 2 heterocycles. The summed E-state index contributed by atoms with van der Waals surface area (Å²) in [6, 6.07) is 10.9. The van der Waals surface area contributed by atoms with E-state index in [1.165, 1.54) is 22.0 Å². The van der Waals surface area contributed by atoms with Gasteiger partial charge >= 0.3 is 0 Å². The fourth-order valence-corrected chi connectivity index (χ4v) is 3.24. The van der Waals surface area contributed by atoms with Crippen LogP contribution >= 0.6 is 11.3 Å². The Hall–Kier alpha value is -1.58. The molecule has 3 aromatic rings. The molecule has 0 saturated carbocycles. The van der Waals surface area contributed by atoms with Gasteiger partial charge in [0, 0.05) is 23.6 Å². The molecule has 0 unspecified atom stereocenters. The van der Waals surface area contributed by atoms with Crippen molar-refractivity contribution in [3.05, 3.63) is 58.4 Å². The first-order valence-corrected chi connectivity index (χ1v) is 7.60. The predicted molar refractivity (Wildman–Crippen MR) is 82.7 cm³/mol. The van der Waals surface area contributed by atoms with Crippen LogP contribution in [0.25, 0.3) is 10.9 Å². The van der Waals surface area contributed by atoms with Crippen molar-refractivity contribution in [1.82, 2.24) is 4.57 Å². The van der Waals surface area contributed by atoms with E-state index >= 15 is 0 Å². The molecule has 19 heavy (non-hydrogen) atoms. The molecule has 1 aromatic carbocycles. The maximum absolute atomic E-state index is 5.68. The van der Waals surface area contributed by atoms with E-state index in [4.69, 9.17) is 5.73 Å². The fraction of sp³-hybridized carbons (Fsp3) is 0.250. The third-order valence-electron chi connectivity index (χ3n) is 3.54. The van der Waals surface area contributed by atoms with Gasteiger partial charge in [-0.1, -0.05) is 12.1 Å². The zero-order valence-corrected chi connectivity index (χ0v) is 11.7. The van der Waals surface area contributed by atoms with Crippen LogP contribution in [0.15, 0.2) is 47.3 Å². The van der Waals surface area contributed by atoms with Gasteiger partial charge in [0.15, 0.2) is 0 Å². The number of nitrogens with two attached hydrogens (primary N) is 1. The molecule has 0 aliphatic rings. The van der Waals surface area contributed by atoms with E-state index in [9.17, 15) is 0 Å². The van der Waals surface area contributed by atoms with Gasteiger partial charge < -0.3 is 10.3 Å². The number of hydrogen-bond acceptors (Lipinski definition) is 2. The van der Waals surface area contributed by atoms with Gasteiger partial charge in [-0.3, -0.25) is 0 Å². The first-order valence-electron chi connectivity index (χ1n) is 6.66. The minimum atomic E-state index is 0.708. The van der Waals surface area contributed by atoms with Crippen LogP contribution in [0, 0.1) is 0 Å². The smallest absolute Gasteiger partial charge is 0.0483 e. The standard InChI is InChI=1S/C16H18N2S/c17-8-4-14-2-1-3-16-15(14)6-10-18(16)9-5-13-7-11-19-12-13/h1-3,6-7,10-12H,4-5,8-9,17H2. The van der Waals surface area contributed by atoms with E-state index in [0.717, 1.165) is 19.4 Å². The molecule has 0 aliphatic carbocycles. The summed E-state index contributed by atoms with van der Waals surface area (Å²) in [4.78, 5) is 0. The molecular weight excluding hydrogens is 252 g/mol. The summed E-state index contributed by atoms with van der Waals surface area (Å²) in [7, 11) is 0. The molecule has 0 radical (unpaired) electrons. The van der Waals surface area contributed by atoms with E-state index in [2.05, 4.69) is 51.9 Å². The summed E-state index contributed by atoms with van der Waals surface area (Å²) in [5.41, 5.74) is 9.77. The maximum Gasteiger partial charge on any atom is 0.0483 e. The molecule has 0 amide bonds. The number of fused-ring (bicyclic) bond motifs is 1. The SMILES string of the molecule is NCCc1cccc2c1ccn2CCc1ccsc1. The maximum atomic E-state index is 5.68. The lowest BCUT2D eigenvalue weighted by Gasteiger charge is -2.06. The van der Waals surface area contributed by atoms with Crippen LogP contribution in [-0.2, 0) is 19.4 Å². The number of thiophene rings is 1. The normalized spacial score (nSPS) is 11.2. The number of aryl methyl sites for hydroxylation is 2. The van der Waals surface area contributed by atoms with Crippen LogP contribution in [-0.4, -0.2) is 11.1 Å². The zero-order chi connectivity index (χ0) is 13.1. The first kappa shape index (κ1) is 12.5. The Morgan fingerprint density at radius 1 is 1.11 bits per heavy atom. The van der Waals surface area contributed by atoms with Gasteiger partial charge in [-0.25, -0.2) is 0 Å². The molecule has 3 rings (SSSR count). The minimum absolute atomic E-state index is 0.708. The largest absolute Gasteiger partial charge is 0.347 e. The zero-order valence-electron chi connectivity index (χ0n) is 10.9. The van der Waals surface area contributed by atoms with E-state index in [-0.39, 0.29) is 0 Å². The Morgan fingerprint density at radius 2 is 2.05 bits per heavy atom. The highest BCUT2D eigenvalue weighted by molar-refractivity contribution is 7.07. The van der Waals surface area contributed by atoms with E-state index in [1.54, 1.807) is 11.3 Å². The summed E-state index contributed by atoms with van der Waals surface area (Å²) in [6.45, 7) is 1.74. The van der Waals surface area contributed by atoms with Gasteiger partial charge in [0.2, 0.25) is 0 Å². The van der Waals surface area contributed by atoms with Crippen molar-refractivity contribution in [1.29, 1.82) is 0 Å². The molecule has 2 N–H and O–H groups in total. The first-order chi connectivity index (χ1) is 9.38. The molecule has 2 nitrogen and oxygen atoms in total. The van der Waals surface area contributed by atoms with Crippen LogP contribution in [0.1, 0.15) is 11.1 Å². The Bertz CT molecular complexity index is 653. The number of hydrogen-bond donors (Lipinski definition) is 1. The second-order valence-corrected chi connectivity index (χ2v) is 5.56. The van der Waals surface area contributed by atoms with Gasteiger partial charge in [-0.05, 0) is 59.5 Å². The second-order valence-electron chi connectivity index (χ2n) is 4.78. The van der Waals surface area contributed by atoms with Gasteiger partial charge in [-0.2, -0.15) is 11.3 Å². The van der Waals surface area contributed by atoms with Crippen molar-refractivity contribution in [2.24, 2.45) is 5.73 Å². The summed E-state index contributed by atoms with van der Waals surface area (Å²) in [5, 5.41) is 5.71. The van der Waals surface area contributed by atoms with Crippen molar-refractivity contribution in [2.75, 3.05) is 6.54 Å². The Labute approximate surface area is 117 Å². The summed E-state index contributed by atoms with van der Waals surface area (Å²) >= 11 is 1.77. The van der Waals surface area contributed by atoms with Crippen molar-refractivity contribution in [3.63, 3.8) is 0 Å². The molecular formula is C16H18N2S. The van der Waals surface area contributed by atoms with E-state index in [1.807, 2.05) is 0 Å². The summed E-state index contributed by atoms with van der Waals surface area (Å²) < 4.78 is 2.34. The molecule has 98 valence electrons. The molecule has 2 aromatic heterocycles. The number of benzene rings is 1. The van der Waals surface area contributed by atoms with Crippen molar-refractivity contribution >= 4 is 22.2 Å². The van der Waals surface area contributed by atoms with E-state index < -0.39 is 0 Å². The molecule has 0 fully saturated rings. The van der Waals surface area contributed by atoms with E-state index in [0.29, 0.717) is 6.54 Å². The molecule has 3 heteroatoms. The Balaban J connectivity index is 1.86. The number of nitrogens with zero attached hydrogens (tertiary/aromatic N) is 1. The fourth-order valence-electron chi connectivity index (χ4n) is 2.54. The minimum Gasteiger partial charge on any atom is -0.347 e. The van der Waals surface area contributed by atoms with Gasteiger partial charge in [0.05, 0.1) is 0 Å². The van der Waals surface area contributed by atoms with Gasteiger partial charge in [-0.15, -0.1) is 0 Å². The van der Waals surface area contributed by atoms with Crippen LogP contribution in [0.2, 0.25) is 0 Å². The van der Waals surface area contributed by atoms with Gasteiger partial charge in [0.25, 0.3) is 0 Å². The third kappa shape index (κ3) is 2.57. The van der Waals surface area contributed by atoms with Crippen LogP contribution < -0.4 is 5.73 Å². The predicted octanol–water partition coefficient (Wildman–Crippen LogP) is 3.45. The lowest BCUT2D eigenvalue weighted by Crippen LogP contribution is -2.03. The average molecular weight is 270 g/mol. The molecule has 0 saturated heterocycles. The second kappa shape index (κ2) is 5.59. The van der Waals surface area contributed by atoms with Crippen LogP contribution in [0.5, 0.6) is 0 Å². The van der Waals surface area contributed by atoms with Gasteiger partial charge in [0.1, 0.15) is 0 Å². The molecule has 0 atom stereocenters. The van der Waals surface area contributed by atoms with Crippen molar-refractivity contribution in [2.45, 2.75) is 19.4 Å². The highest BCUT2D eigenvalue weighted by Gasteiger charge is 2.05. The summed E-state index contributed by atoms with van der Waals surface area (Å²) in [5.74, 6) is 0. The quantitative estimate of drug-likeness (QED) is 0.756. The van der Waals surface area contributed by atoms with Crippen LogP contribution in [0.3, 0.4) is 0 Å². The topological polar surface area (TPSA) is 30.9 Å². The monoisotopic (exact) mass is 270 g/mol. The number of aromatic nitrogens is 1. The third-order valence-corrected chi connectivity index (χ3v) is 4.27. The lowest BCUT2D eigenvalue weighted by atomic mass is 10.1. The highest BCUT2D eigenvalue weighted by atomic mass is 32.1. The van der Waals surface area contributed by atoms with Crippen molar-refractivity contribution < 1.29 is 0 Å². The Morgan fingerprint density at radius 3 is 2.84 bits per heavy atom. The molecule has 0 bridgehead atoms. The Kier molecular flexibility index (Phi) is 3.67. The van der Waals surface area contributed by atoms with Crippen LogP contribution in [0.4, 0.5) is 0 Å².